The van der Waals surface area contributed by atoms with Gasteiger partial charge in [0.2, 0.25) is 5.95 Å². The fourth-order valence-corrected chi connectivity index (χ4v) is 4.27. The van der Waals surface area contributed by atoms with E-state index in [0.717, 1.165) is 42.4 Å². The molecule has 3 aromatic rings. The normalized spacial score (nSPS) is 14.8. The van der Waals surface area contributed by atoms with Crippen LogP contribution in [0.5, 0.6) is 11.5 Å². The van der Waals surface area contributed by atoms with Gasteiger partial charge >= 0.3 is 0 Å². The van der Waals surface area contributed by atoms with Crippen LogP contribution < -0.4 is 20.1 Å². The van der Waals surface area contributed by atoms with Crippen molar-refractivity contribution < 1.29 is 9.47 Å². The Balaban J connectivity index is 1.70. The molecule has 0 bridgehead atoms. The van der Waals surface area contributed by atoms with E-state index in [2.05, 4.69) is 20.6 Å². The Hall–Kier alpha value is -2.28. The second-order valence-electron chi connectivity index (χ2n) is 6.92. The van der Waals surface area contributed by atoms with Crippen LogP contribution >= 0.6 is 23.2 Å². The molecular formula is C21H22Cl2N4O2. The van der Waals surface area contributed by atoms with Crippen molar-refractivity contribution in [2.24, 2.45) is 0 Å². The van der Waals surface area contributed by atoms with E-state index >= 15 is 0 Å². The lowest BCUT2D eigenvalue weighted by Gasteiger charge is -2.23. The molecule has 6 nitrogen and oxygen atoms in total. The number of aromatic nitrogens is 2. The fraction of sp³-hybridized carbons (Fsp3) is 0.333. The first-order valence-electron chi connectivity index (χ1n) is 9.45. The third kappa shape index (κ3) is 4.06. The van der Waals surface area contributed by atoms with E-state index in [1.807, 2.05) is 24.4 Å². The molecule has 8 heteroatoms. The molecule has 0 saturated carbocycles. The molecule has 1 aromatic heterocycles. The number of hydrogen-bond donors (Lipinski definition) is 2. The molecule has 0 aliphatic carbocycles. The minimum absolute atomic E-state index is 0.398. The highest BCUT2D eigenvalue weighted by Crippen LogP contribution is 2.46. The van der Waals surface area contributed by atoms with Crippen LogP contribution in [0.2, 0.25) is 10.0 Å². The molecule has 0 unspecified atom stereocenters. The second-order valence-corrected chi connectivity index (χ2v) is 7.68. The van der Waals surface area contributed by atoms with Gasteiger partial charge in [-0.15, -0.1) is 0 Å². The van der Waals surface area contributed by atoms with Crippen LogP contribution in [-0.2, 0) is 0 Å². The van der Waals surface area contributed by atoms with E-state index in [-0.39, 0.29) is 0 Å². The Morgan fingerprint density at radius 3 is 2.38 bits per heavy atom. The van der Waals surface area contributed by atoms with Crippen LogP contribution in [0.1, 0.15) is 12.8 Å². The first-order chi connectivity index (χ1) is 14.1. The Labute approximate surface area is 179 Å². The largest absolute Gasteiger partial charge is 0.495 e. The number of halogens is 2. The Bertz CT molecular complexity index is 1010. The third-order valence-electron chi connectivity index (χ3n) is 5.11. The minimum Gasteiger partial charge on any atom is -0.495 e. The third-order valence-corrected chi connectivity index (χ3v) is 5.86. The van der Waals surface area contributed by atoms with Crippen molar-refractivity contribution in [3.63, 3.8) is 0 Å². The average Bonchev–Trinajstić information content (AvgIpc) is 2.75. The molecule has 0 atom stereocenters. The second kappa shape index (κ2) is 8.61. The summed E-state index contributed by atoms with van der Waals surface area (Å²) in [6, 6.07) is 7.93. The molecule has 0 amide bonds. The van der Waals surface area contributed by atoms with Gasteiger partial charge in [0.25, 0.3) is 0 Å². The lowest BCUT2D eigenvalue weighted by atomic mass is 10.0. The van der Waals surface area contributed by atoms with Gasteiger partial charge in [-0.05, 0) is 43.6 Å². The molecule has 0 spiro atoms. The molecule has 29 heavy (non-hydrogen) atoms. The Morgan fingerprint density at radius 2 is 1.72 bits per heavy atom. The minimum atomic E-state index is 0.398. The van der Waals surface area contributed by atoms with E-state index in [1.54, 1.807) is 20.3 Å². The summed E-state index contributed by atoms with van der Waals surface area (Å²) >= 11 is 13.1. The van der Waals surface area contributed by atoms with Crippen molar-refractivity contribution in [1.82, 2.24) is 15.3 Å². The molecule has 1 fully saturated rings. The number of anilines is 1. The van der Waals surface area contributed by atoms with Crippen LogP contribution in [0.4, 0.5) is 5.95 Å². The van der Waals surface area contributed by atoms with Gasteiger partial charge in [0.05, 0.1) is 29.8 Å². The predicted molar refractivity (Wildman–Crippen MR) is 118 cm³/mol. The van der Waals surface area contributed by atoms with Crippen LogP contribution in [-0.4, -0.2) is 43.3 Å². The van der Waals surface area contributed by atoms with Gasteiger partial charge < -0.3 is 20.1 Å². The van der Waals surface area contributed by atoms with Crippen LogP contribution in [0.25, 0.3) is 22.0 Å². The summed E-state index contributed by atoms with van der Waals surface area (Å²) in [4.78, 5) is 9.15. The summed E-state index contributed by atoms with van der Waals surface area (Å²) < 4.78 is 10.7. The Morgan fingerprint density at radius 1 is 1.03 bits per heavy atom. The highest BCUT2D eigenvalue weighted by atomic mass is 35.5. The standard InChI is InChI=1S/C21H22Cl2N4O2/c1-28-16-10-17(29-2)20(23)18(19(16)22)12-3-4-15-13(9-12)11-25-21(27-15)26-14-5-7-24-8-6-14/h3-4,9-11,14,24H,5-8H2,1-2H3,(H,25,26,27). The van der Waals surface area contributed by atoms with E-state index in [4.69, 9.17) is 32.7 Å². The smallest absolute Gasteiger partial charge is 0.223 e. The van der Waals surface area contributed by atoms with Crippen molar-refractivity contribution >= 4 is 40.1 Å². The topological polar surface area (TPSA) is 68.3 Å². The number of nitrogens with one attached hydrogen (secondary N) is 2. The molecule has 4 rings (SSSR count). The van der Waals surface area contributed by atoms with Gasteiger partial charge in [-0.1, -0.05) is 29.3 Å². The van der Waals surface area contributed by atoms with E-state index < -0.39 is 0 Å². The van der Waals surface area contributed by atoms with Crippen molar-refractivity contribution in [3.8, 4) is 22.6 Å². The number of ether oxygens (including phenoxy) is 2. The highest BCUT2D eigenvalue weighted by molar-refractivity contribution is 6.41. The molecule has 1 aliphatic rings. The quantitative estimate of drug-likeness (QED) is 0.604. The first kappa shape index (κ1) is 20.0. The number of benzene rings is 2. The van der Waals surface area contributed by atoms with Gasteiger partial charge in [0.15, 0.2) is 0 Å². The van der Waals surface area contributed by atoms with Crippen LogP contribution in [0.15, 0.2) is 30.5 Å². The van der Waals surface area contributed by atoms with E-state index in [0.29, 0.717) is 39.1 Å². The summed E-state index contributed by atoms with van der Waals surface area (Å²) in [5, 5.41) is 8.55. The molecule has 1 aliphatic heterocycles. The summed E-state index contributed by atoms with van der Waals surface area (Å²) in [5.74, 6) is 1.65. The van der Waals surface area contributed by atoms with Gasteiger partial charge in [-0.3, -0.25) is 0 Å². The van der Waals surface area contributed by atoms with Crippen LogP contribution in [0, 0.1) is 0 Å². The number of nitrogens with zero attached hydrogens (tertiary/aromatic N) is 2. The maximum absolute atomic E-state index is 6.55. The van der Waals surface area contributed by atoms with E-state index in [9.17, 15) is 0 Å². The molecule has 152 valence electrons. The van der Waals surface area contributed by atoms with Crippen LogP contribution in [0.3, 0.4) is 0 Å². The summed E-state index contributed by atoms with van der Waals surface area (Å²) in [7, 11) is 3.12. The molecule has 2 aromatic carbocycles. The lowest BCUT2D eigenvalue weighted by Crippen LogP contribution is -2.35. The lowest BCUT2D eigenvalue weighted by molar-refractivity contribution is 0.395. The van der Waals surface area contributed by atoms with Crippen molar-refractivity contribution in [2.75, 3.05) is 32.6 Å². The Kier molecular flexibility index (Phi) is 5.94. The van der Waals surface area contributed by atoms with Crippen molar-refractivity contribution in [1.29, 1.82) is 0 Å². The van der Waals surface area contributed by atoms with Gasteiger partial charge in [0, 0.05) is 29.3 Å². The monoisotopic (exact) mass is 432 g/mol. The molecule has 2 heterocycles. The number of hydrogen-bond acceptors (Lipinski definition) is 6. The van der Waals surface area contributed by atoms with Crippen molar-refractivity contribution in [3.05, 3.63) is 40.5 Å². The molecule has 0 radical (unpaired) electrons. The molecular weight excluding hydrogens is 411 g/mol. The molecule has 1 saturated heterocycles. The number of piperidine rings is 1. The number of rotatable bonds is 5. The zero-order chi connectivity index (χ0) is 20.4. The summed E-state index contributed by atoms with van der Waals surface area (Å²) in [6.07, 6.45) is 3.94. The maximum Gasteiger partial charge on any atom is 0.223 e. The molecule has 2 N–H and O–H groups in total. The zero-order valence-corrected chi connectivity index (χ0v) is 17.8. The SMILES string of the molecule is COc1cc(OC)c(Cl)c(-c2ccc3nc(NC4CCNCC4)ncc3c2)c1Cl. The van der Waals surface area contributed by atoms with Crippen molar-refractivity contribution in [2.45, 2.75) is 18.9 Å². The summed E-state index contributed by atoms with van der Waals surface area (Å²) in [6.45, 7) is 2.03. The van der Waals surface area contributed by atoms with E-state index in [1.165, 1.54) is 0 Å². The predicted octanol–water partition coefficient (Wildman–Crippen LogP) is 4.78. The highest BCUT2D eigenvalue weighted by Gasteiger charge is 2.19. The summed E-state index contributed by atoms with van der Waals surface area (Å²) in [5.41, 5.74) is 2.35. The number of fused-ring (bicyclic) bond motifs is 1. The zero-order valence-electron chi connectivity index (χ0n) is 16.3. The maximum atomic E-state index is 6.55. The van der Waals surface area contributed by atoms with Gasteiger partial charge in [0.1, 0.15) is 11.5 Å². The first-order valence-corrected chi connectivity index (χ1v) is 10.2. The van der Waals surface area contributed by atoms with Gasteiger partial charge in [-0.25, -0.2) is 9.97 Å². The average molecular weight is 433 g/mol. The fourth-order valence-electron chi connectivity index (χ4n) is 3.55. The van der Waals surface area contributed by atoms with Gasteiger partial charge in [-0.2, -0.15) is 0 Å². The number of methoxy groups -OCH3 is 2.